The molecule has 0 saturated carbocycles. The summed E-state index contributed by atoms with van der Waals surface area (Å²) in [6.07, 6.45) is -0.0159. The van der Waals surface area contributed by atoms with E-state index in [4.69, 9.17) is 10.8 Å². The van der Waals surface area contributed by atoms with E-state index in [0.717, 1.165) is 16.8 Å². The molecular weight excluding hydrogens is 204 g/mol. The first-order valence-corrected chi connectivity index (χ1v) is 5.28. The van der Waals surface area contributed by atoms with Crippen molar-refractivity contribution < 1.29 is 9.90 Å². The fraction of sp³-hybridized carbons (Fsp3) is 0.417. The van der Waals surface area contributed by atoms with E-state index in [1.54, 1.807) is 0 Å². The van der Waals surface area contributed by atoms with Crippen LogP contribution < -0.4 is 11.1 Å². The van der Waals surface area contributed by atoms with Crippen molar-refractivity contribution in [2.45, 2.75) is 26.3 Å². The van der Waals surface area contributed by atoms with Crippen molar-refractivity contribution >= 4 is 11.7 Å². The predicted molar refractivity (Wildman–Crippen MR) is 64.6 cm³/mol. The maximum atomic E-state index is 10.4. The van der Waals surface area contributed by atoms with Crippen LogP contribution in [0.5, 0.6) is 0 Å². The molecule has 1 atom stereocenters. The van der Waals surface area contributed by atoms with Gasteiger partial charge in [-0.05, 0) is 25.0 Å². The van der Waals surface area contributed by atoms with Crippen LogP contribution in [-0.4, -0.2) is 23.7 Å². The molecule has 0 fully saturated rings. The van der Waals surface area contributed by atoms with Gasteiger partial charge in [-0.1, -0.05) is 18.2 Å². The number of aryl methyl sites for hydroxylation is 2. The van der Waals surface area contributed by atoms with E-state index in [2.05, 4.69) is 5.32 Å². The van der Waals surface area contributed by atoms with Crippen LogP contribution in [0.15, 0.2) is 18.2 Å². The number of carboxylic acids is 1. The Morgan fingerprint density at radius 1 is 1.44 bits per heavy atom. The Balaban J connectivity index is 2.57. The van der Waals surface area contributed by atoms with Gasteiger partial charge >= 0.3 is 5.97 Å². The lowest BCUT2D eigenvalue weighted by atomic mass is 10.1. The highest BCUT2D eigenvalue weighted by Gasteiger charge is 2.08. The van der Waals surface area contributed by atoms with E-state index in [9.17, 15) is 4.79 Å². The van der Waals surface area contributed by atoms with Crippen molar-refractivity contribution in [3.8, 4) is 0 Å². The quantitative estimate of drug-likeness (QED) is 0.706. The van der Waals surface area contributed by atoms with Gasteiger partial charge in [-0.2, -0.15) is 0 Å². The molecule has 4 nitrogen and oxygen atoms in total. The molecule has 1 aromatic rings. The zero-order valence-corrected chi connectivity index (χ0v) is 9.66. The van der Waals surface area contributed by atoms with Crippen LogP contribution in [0.1, 0.15) is 17.5 Å². The van der Waals surface area contributed by atoms with E-state index in [1.807, 2.05) is 32.0 Å². The van der Waals surface area contributed by atoms with E-state index in [0.29, 0.717) is 6.54 Å². The van der Waals surface area contributed by atoms with Crippen molar-refractivity contribution in [3.63, 3.8) is 0 Å². The first-order valence-electron chi connectivity index (χ1n) is 5.28. The highest BCUT2D eigenvalue weighted by Crippen LogP contribution is 2.19. The molecule has 0 aliphatic rings. The molecule has 88 valence electrons. The van der Waals surface area contributed by atoms with Crippen LogP contribution in [0.2, 0.25) is 0 Å². The number of rotatable bonds is 5. The van der Waals surface area contributed by atoms with Gasteiger partial charge in [0.15, 0.2) is 0 Å². The van der Waals surface area contributed by atoms with E-state index < -0.39 is 5.97 Å². The SMILES string of the molecule is Cc1cccc(C)c1NCC(N)CC(=O)O. The van der Waals surface area contributed by atoms with Crippen molar-refractivity contribution in [2.24, 2.45) is 5.73 Å². The van der Waals surface area contributed by atoms with E-state index in [-0.39, 0.29) is 12.5 Å². The van der Waals surface area contributed by atoms with Crippen molar-refractivity contribution in [3.05, 3.63) is 29.3 Å². The van der Waals surface area contributed by atoms with Crippen LogP contribution in [0.25, 0.3) is 0 Å². The number of hydrogen-bond donors (Lipinski definition) is 3. The largest absolute Gasteiger partial charge is 0.481 e. The third-order valence-electron chi connectivity index (χ3n) is 2.46. The zero-order chi connectivity index (χ0) is 12.1. The van der Waals surface area contributed by atoms with Crippen LogP contribution >= 0.6 is 0 Å². The second-order valence-electron chi connectivity index (χ2n) is 4.01. The molecule has 16 heavy (non-hydrogen) atoms. The van der Waals surface area contributed by atoms with Gasteiger partial charge in [0.2, 0.25) is 0 Å². The number of para-hydroxylation sites is 1. The van der Waals surface area contributed by atoms with Gasteiger partial charge in [-0.3, -0.25) is 4.79 Å². The smallest absolute Gasteiger partial charge is 0.304 e. The molecule has 0 heterocycles. The summed E-state index contributed by atoms with van der Waals surface area (Å²) < 4.78 is 0. The molecule has 1 rings (SSSR count). The molecule has 0 amide bonds. The van der Waals surface area contributed by atoms with Crippen LogP contribution in [0, 0.1) is 13.8 Å². The molecule has 4 N–H and O–H groups in total. The van der Waals surface area contributed by atoms with Crippen molar-refractivity contribution in [1.29, 1.82) is 0 Å². The molecule has 1 unspecified atom stereocenters. The summed E-state index contributed by atoms with van der Waals surface area (Å²) in [7, 11) is 0. The number of aliphatic carboxylic acids is 1. The summed E-state index contributed by atoms with van der Waals surface area (Å²) in [6.45, 7) is 4.49. The minimum Gasteiger partial charge on any atom is -0.481 e. The molecule has 4 heteroatoms. The summed E-state index contributed by atoms with van der Waals surface area (Å²) in [4.78, 5) is 10.4. The molecule has 0 aliphatic heterocycles. The average Bonchev–Trinajstić information content (AvgIpc) is 2.15. The van der Waals surface area contributed by atoms with E-state index >= 15 is 0 Å². The Bertz CT molecular complexity index is 357. The Labute approximate surface area is 95.5 Å². The van der Waals surface area contributed by atoms with Gasteiger partial charge in [-0.25, -0.2) is 0 Å². The van der Waals surface area contributed by atoms with Gasteiger partial charge in [0.1, 0.15) is 0 Å². The second-order valence-corrected chi connectivity index (χ2v) is 4.01. The Morgan fingerprint density at radius 2 is 2.00 bits per heavy atom. The normalized spacial score (nSPS) is 12.2. The lowest BCUT2D eigenvalue weighted by Crippen LogP contribution is -2.31. The molecule has 0 radical (unpaired) electrons. The Kier molecular flexibility index (Phi) is 4.31. The lowest BCUT2D eigenvalue weighted by molar-refractivity contribution is -0.137. The van der Waals surface area contributed by atoms with Gasteiger partial charge < -0.3 is 16.2 Å². The molecule has 0 spiro atoms. The maximum absolute atomic E-state index is 10.4. The van der Waals surface area contributed by atoms with Crippen LogP contribution in [-0.2, 0) is 4.79 Å². The third kappa shape index (κ3) is 3.55. The summed E-state index contributed by atoms with van der Waals surface area (Å²) in [5.74, 6) is -0.865. The predicted octanol–water partition coefficient (Wildman–Crippen LogP) is 1.52. The van der Waals surface area contributed by atoms with Gasteiger partial charge in [-0.15, -0.1) is 0 Å². The van der Waals surface area contributed by atoms with Crippen LogP contribution in [0.4, 0.5) is 5.69 Å². The molecule has 0 saturated heterocycles. The molecule has 1 aromatic carbocycles. The number of benzene rings is 1. The highest BCUT2D eigenvalue weighted by molar-refractivity contribution is 5.67. The molecule has 0 aromatic heterocycles. The molecular formula is C12H18N2O2. The van der Waals surface area contributed by atoms with Gasteiger partial charge in [0.25, 0.3) is 0 Å². The number of anilines is 1. The van der Waals surface area contributed by atoms with Crippen LogP contribution in [0.3, 0.4) is 0 Å². The average molecular weight is 222 g/mol. The van der Waals surface area contributed by atoms with Crippen molar-refractivity contribution in [1.82, 2.24) is 0 Å². The number of carboxylic acid groups (broad SMARTS) is 1. The fourth-order valence-electron chi connectivity index (χ4n) is 1.62. The van der Waals surface area contributed by atoms with Crippen molar-refractivity contribution in [2.75, 3.05) is 11.9 Å². The standard InChI is InChI=1S/C12H18N2O2/c1-8-4-3-5-9(2)12(8)14-7-10(13)6-11(15)16/h3-5,10,14H,6-7,13H2,1-2H3,(H,15,16). The summed E-state index contributed by atoms with van der Waals surface area (Å²) in [5, 5.41) is 11.8. The lowest BCUT2D eigenvalue weighted by Gasteiger charge is -2.15. The Morgan fingerprint density at radius 3 is 2.50 bits per heavy atom. The van der Waals surface area contributed by atoms with E-state index in [1.165, 1.54) is 0 Å². The Hall–Kier alpha value is -1.55. The second kappa shape index (κ2) is 5.51. The number of carbonyl (C=O) groups is 1. The van der Waals surface area contributed by atoms with Gasteiger partial charge in [0.05, 0.1) is 6.42 Å². The summed E-state index contributed by atoms with van der Waals surface area (Å²) in [5.41, 5.74) is 9.01. The highest BCUT2D eigenvalue weighted by atomic mass is 16.4. The first kappa shape index (κ1) is 12.5. The fourth-order valence-corrected chi connectivity index (χ4v) is 1.62. The minimum atomic E-state index is -0.865. The number of nitrogens with one attached hydrogen (secondary N) is 1. The first-order chi connectivity index (χ1) is 7.50. The molecule has 0 aliphatic carbocycles. The molecule has 0 bridgehead atoms. The topological polar surface area (TPSA) is 75.3 Å². The number of hydrogen-bond acceptors (Lipinski definition) is 3. The van der Waals surface area contributed by atoms with Gasteiger partial charge in [0, 0.05) is 18.3 Å². The third-order valence-corrected chi connectivity index (χ3v) is 2.46. The monoisotopic (exact) mass is 222 g/mol. The zero-order valence-electron chi connectivity index (χ0n) is 9.66. The summed E-state index contributed by atoms with van der Waals surface area (Å²) in [6, 6.07) is 5.65. The number of nitrogens with two attached hydrogens (primary N) is 1. The maximum Gasteiger partial charge on any atom is 0.304 e. The summed E-state index contributed by atoms with van der Waals surface area (Å²) >= 11 is 0. The minimum absolute atomic E-state index is 0.0159.